The van der Waals surface area contributed by atoms with Gasteiger partial charge < -0.3 is 9.84 Å². The highest BCUT2D eigenvalue weighted by molar-refractivity contribution is 5.69. The number of carboxylic acid groups (broad SMARTS) is 1. The van der Waals surface area contributed by atoms with Crippen LogP contribution >= 0.6 is 0 Å². The third-order valence-electron chi connectivity index (χ3n) is 2.89. The predicted molar refractivity (Wildman–Crippen MR) is 75.6 cm³/mol. The van der Waals surface area contributed by atoms with E-state index < -0.39 is 5.97 Å². The second-order valence-electron chi connectivity index (χ2n) is 5.65. The summed E-state index contributed by atoms with van der Waals surface area (Å²) in [7, 11) is 0. The van der Waals surface area contributed by atoms with Crippen LogP contribution in [-0.4, -0.2) is 41.2 Å². The van der Waals surface area contributed by atoms with Crippen molar-refractivity contribution in [1.82, 2.24) is 4.90 Å². The molecule has 4 heteroatoms. The van der Waals surface area contributed by atoms with Gasteiger partial charge in [0.15, 0.2) is 0 Å². The van der Waals surface area contributed by atoms with Crippen molar-refractivity contribution in [2.45, 2.75) is 33.2 Å². The minimum absolute atomic E-state index is 0.0284. The summed E-state index contributed by atoms with van der Waals surface area (Å²) >= 11 is 0. The van der Waals surface area contributed by atoms with Crippen molar-refractivity contribution in [2.75, 3.05) is 19.7 Å². The number of ether oxygens (including phenoxy) is 1. The minimum Gasteiger partial charge on any atom is -0.492 e. The third kappa shape index (κ3) is 5.75. The van der Waals surface area contributed by atoms with Crippen molar-refractivity contribution in [3.8, 4) is 5.75 Å². The maximum Gasteiger partial charge on any atom is 0.317 e. The predicted octanol–water partition coefficient (Wildman–Crippen LogP) is 2.56. The van der Waals surface area contributed by atoms with Crippen molar-refractivity contribution in [1.29, 1.82) is 0 Å². The van der Waals surface area contributed by atoms with Crippen LogP contribution in [0.2, 0.25) is 0 Å². The van der Waals surface area contributed by atoms with Crippen LogP contribution in [0.1, 0.15) is 26.3 Å². The van der Waals surface area contributed by atoms with Gasteiger partial charge in [0.1, 0.15) is 12.4 Å². The largest absolute Gasteiger partial charge is 0.492 e. The molecule has 1 N–H and O–H groups in total. The van der Waals surface area contributed by atoms with Gasteiger partial charge in [-0.15, -0.1) is 0 Å². The molecular formula is C15H23NO3. The molecule has 0 unspecified atom stereocenters. The number of carbonyl (C=O) groups is 1. The lowest BCUT2D eigenvalue weighted by atomic mass is 10.1. The van der Waals surface area contributed by atoms with E-state index in [9.17, 15) is 4.79 Å². The normalized spacial score (nSPS) is 11.6. The van der Waals surface area contributed by atoms with Gasteiger partial charge in [-0.3, -0.25) is 9.69 Å². The molecule has 1 aromatic rings. The molecule has 0 aliphatic heterocycles. The number of nitrogens with zero attached hydrogens (tertiary/aromatic N) is 1. The zero-order chi connectivity index (χ0) is 14.5. The van der Waals surface area contributed by atoms with E-state index in [4.69, 9.17) is 9.84 Å². The summed E-state index contributed by atoms with van der Waals surface area (Å²) in [5, 5.41) is 8.92. The molecular weight excluding hydrogens is 242 g/mol. The Kier molecular flexibility index (Phi) is 5.36. The lowest BCUT2D eigenvalue weighted by Crippen LogP contribution is -2.46. The average molecular weight is 265 g/mol. The summed E-state index contributed by atoms with van der Waals surface area (Å²) in [6.07, 6.45) is 0. The molecule has 0 radical (unpaired) electrons. The Morgan fingerprint density at radius 2 is 2.05 bits per heavy atom. The van der Waals surface area contributed by atoms with Gasteiger partial charge in [0, 0.05) is 12.1 Å². The Hall–Kier alpha value is -1.55. The number of hydrogen-bond acceptors (Lipinski definition) is 3. The monoisotopic (exact) mass is 265 g/mol. The first-order chi connectivity index (χ1) is 8.79. The van der Waals surface area contributed by atoms with Crippen LogP contribution in [0.25, 0.3) is 0 Å². The molecule has 0 amide bonds. The van der Waals surface area contributed by atoms with Crippen molar-refractivity contribution in [3.63, 3.8) is 0 Å². The summed E-state index contributed by atoms with van der Waals surface area (Å²) in [6, 6.07) is 7.84. The number of carboxylic acids is 1. The lowest BCUT2D eigenvalue weighted by Gasteiger charge is -2.34. The highest BCUT2D eigenvalue weighted by Gasteiger charge is 2.23. The molecule has 0 bridgehead atoms. The summed E-state index contributed by atoms with van der Waals surface area (Å²) in [5.41, 5.74) is 0.963. The lowest BCUT2D eigenvalue weighted by molar-refractivity contribution is -0.139. The van der Waals surface area contributed by atoms with Crippen LogP contribution in [0.15, 0.2) is 24.3 Å². The number of aryl methyl sites for hydroxylation is 1. The molecule has 0 aliphatic carbocycles. The molecule has 0 saturated heterocycles. The summed E-state index contributed by atoms with van der Waals surface area (Å²) in [6.45, 7) is 9.12. The molecule has 0 saturated carbocycles. The molecule has 0 aliphatic rings. The van der Waals surface area contributed by atoms with E-state index in [0.717, 1.165) is 11.3 Å². The van der Waals surface area contributed by atoms with Crippen LogP contribution in [0.4, 0.5) is 0 Å². The van der Waals surface area contributed by atoms with Gasteiger partial charge in [-0.2, -0.15) is 0 Å². The molecule has 0 atom stereocenters. The van der Waals surface area contributed by atoms with Crippen molar-refractivity contribution in [3.05, 3.63) is 29.8 Å². The van der Waals surface area contributed by atoms with E-state index in [1.54, 1.807) is 0 Å². The second-order valence-corrected chi connectivity index (χ2v) is 5.65. The third-order valence-corrected chi connectivity index (χ3v) is 2.89. The SMILES string of the molecule is Cc1cccc(OCCN(CC(=O)O)C(C)(C)C)c1. The van der Waals surface area contributed by atoms with Crippen LogP contribution < -0.4 is 4.74 Å². The molecule has 0 fully saturated rings. The van der Waals surface area contributed by atoms with Gasteiger partial charge >= 0.3 is 5.97 Å². The quantitative estimate of drug-likeness (QED) is 0.859. The van der Waals surface area contributed by atoms with Gasteiger partial charge in [-0.1, -0.05) is 12.1 Å². The maximum atomic E-state index is 10.9. The van der Waals surface area contributed by atoms with Gasteiger partial charge in [0.25, 0.3) is 0 Å². The maximum absolute atomic E-state index is 10.9. The van der Waals surface area contributed by atoms with Crippen LogP contribution in [-0.2, 0) is 4.79 Å². The van der Waals surface area contributed by atoms with E-state index >= 15 is 0 Å². The summed E-state index contributed by atoms with van der Waals surface area (Å²) < 4.78 is 5.66. The van der Waals surface area contributed by atoms with E-state index in [2.05, 4.69) is 0 Å². The highest BCUT2D eigenvalue weighted by Crippen LogP contribution is 2.15. The van der Waals surface area contributed by atoms with Crippen molar-refractivity contribution in [2.24, 2.45) is 0 Å². The molecule has 1 aromatic carbocycles. The summed E-state index contributed by atoms with van der Waals surface area (Å²) in [4.78, 5) is 12.7. The number of aliphatic carboxylic acids is 1. The van der Waals surface area contributed by atoms with Gasteiger partial charge in [0.05, 0.1) is 6.54 Å². The van der Waals surface area contributed by atoms with Crippen molar-refractivity contribution < 1.29 is 14.6 Å². The van der Waals surface area contributed by atoms with Gasteiger partial charge in [-0.25, -0.2) is 0 Å². The fourth-order valence-corrected chi connectivity index (χ4v) is 1.79. The first-order valence-electron chi connectivity index (χ1n) is 6.45. The Bertz CT molecular complexity index is 424. The molecule has 0 spiro atoms. The van der Waals surface area contributed by atoms with Crippen LogP contribution in [0.5, 0.6) is 5.75 Å². The Balaban J connectivity index is 2.50. The topological polar surface area (TPSA) is 49.8 Å². The smallest absolute Gasteiger partial charge is 0.317 e. The number of benzene rings is 1. The van der Waals surface area contributed by atoms with Crippen LogP contribution in [0, 0.1) is 6.92 Å². The zero-order valence-electron chi connectivity index (χ0n) is 12.1. The number of hydrogen-bond donors (Lipinski definition) is 1. The first-order valence-corrected chi connectivity index (χ1v) is 6.45. The van der Waals surface area contributed by atoms with Crippen LogP contribution in [0.3, 0.4) is 0 Å². The molecule has 19 heavy (non-hydrogen) atoms. The first kappa shape index (κ1) is 15.5. The Morgan fingerprint density at radius 3 is 2.58 bits per heavy atom. The fraction of sp³-hybridized carbons (Fsp3) is 0.533. The highest BCUT2D eigenvalue weighted by atomic mass is 16.5. The van der Waals surface area contributed by atoms with Gasteiger partial charge in [-0.05, 0) is 45.4 Å². The molecule has 106 valence electrons. The van der Waals surface area contributed by atoms with E-state index in [1.165, 1.54) is 0 Å². The Labute approximate surface area is 115 Å². The molecule has 1 rings (SSSR count). The molecule has 0 aromatic heterocycles. The second kappa shape index (κ2) is 6.57. The van der Waals surface area contributed by atoms with E-state index in [1.807, 2.05) is 56.9 Å². The minimum atomic E-state index is -0.814. The van der Waals surface area contributed by atoms with E-state index in [0.29, 0.717) is 13.2 Å². The summed E-state index contributed by atoms with van der Waals surface area (Å²) in [5.74, 6) is 0.00895. The zero-order valence-corrected chi connectivity index (χ0v) is 12.1. The van der Waals surface area contributed by atoms with Gasteiger partial charge in [0.2, 0.25) is 0 Å². The molecule has 4 nitrogen and oxygen atoms in total. The van der Waals surface area contributed by atoms with Crippen molar-refractivity contribution >= 4 is 5.97 Å². The standard InChI is InChI=1S/C15H23NO3/c1-12-6-5-7-13(10-12)19-9-8-16(11-14(17)18)15(2,3)4/h5-7,10H,8-9,11H2,1-4H3,(H,17,18). The fourth-order valence-electron chi connectivity index (χ4n) is 1.79. The molecule has 0 heterocycles. The number of rotatable bonds is 6. The van der Waals surface area contributed by atoms with E-state index in [-0.39, 0.29) is 12.1 Å². The average Bonchev–Trinajstić information content (AvgIpc) is 2.26. The Morgan fingerprint density at radius 1 is 1.37 bits per heavy atom.